The van der Waals surface area contributed by atoms with Crippen LogP contribution < -0.4 is 5.32 Å². The number of nitrogens with one attached hydrogen (secondary N) is 1. The molecule has 0 aromatic carbocycles. The smallest absolute Gasteiger partial charge is 0.0584 e. The highest BCUT2D eigenvalue weighted by molar-refractivity contribution is 5.75. The molecule has 0 atom stereocenters. The molecule has 1 aromatic rings. The van der Waals surface area contributed by atoms with Crippen LogP contribution in [0.25, 0.3) is 5.57 Å². The average Bonchev–Trinajstić information content (AvgIpc) is 2.20. The second-order valence-corrected chi connectivity index (χ2v) is 3.02. The maximum atomic E-state index is 4.11. The minimum Gasteiger partial charge on any atom is -0.380 e. The van der Waals surface area contributed by atoms with Crippen molar-refractivity contribution in [3.8, 4) is 0 Å². The molecule has 1 N–H and O–H groups in total. The second-order valence-electron chi connectivity index (χ2n) is 3.02. The van der Waals surface area contributed by atoms with Crippen LogP contribution in [0.15, 0.2) is 30.6 Å². The lowest BCUT2D eigenvalue weighted by molar-refractivity contribution is 0.944. The van der Waals surface area contributed by atoms with Gasteiger partial charge in [-0.1, -0.05) is 6.08 Å². The van der Waals surface area contributed by atoms with Crippen molar-refractivity contribution in [2.75, 3.05) is 6.54 Å². The highest BCUT2D eigenvalue weighted by Gasteiger charge is 2.03. The zero-order chi connectivity index (χ0) is 9.10. The van der Waals surface area contributed by atoms with Crippen LogP contribution >= 0.6 is 0 Å². The number of dihydropyridines is 1. The fourth-order valence-corrected chi connectivity index (χ4v) is 1.36. The van der Waals surface area contributed by atoms with Gasteiger partial charge in [-0.25, -0.2) is 0 Å². The molecule has 2 rings (SSSR count). The lowest BCUT2D eigenvalue weighted by Crippen LogP contribution is -2.09. The van der Waals surface area contributed by atoms with Crippen LogP contribution in [0.3, 0.4) is 0 Å². The Morgan fingerprint density at radius 2 is 2.46 bits per heavy atom. The van der Waals surface area contributed by atoms with Gasteiger partial charge in [0.15, 0.2) is 0 Å². The van der Waals surface area contributed by atoms with E-state index in [9.17, 15) is 0 Å². The summed E-state index contributed by atoms with van der Waals surface area (Å²) in [5, 5.41) is 3.00. The monoisotopic (exact) mass is 171 g/mol. The summed E-state index contributed by atoms with van der Waals surface area (Å²) < 4.78 is 0. The second kappa shape index (κ2) is 3.44. The minimum absolute atomic E-state index is 0.847. The summed E-state index contributed by atoms with van der Waals surface area (Å²) in [7, 11) is 0. The minimum atomic E-state index is 0.847. The van der Waals surface area contributed by atoms with Crippen molar-refractivity contribution in [2.24, 2.45) is 0 Å². The predicted molar refractivity (Wildman–Crippen MR) is 52.8 cm³/mol. The summed E-state index contributed by atoms with van der Waals surface area (Å²) in [5.74, 6) is 0. The topological polar surface area (TPSA) is 24.9 Å². The highest BCUT2D eigenvalue weighted by Crippen LogP contribution is 2.19. The van der Waals surface area contributed by atoms with E-state index in [4.69, 9.17) is 0 Å². The Morgan fingerprint density at radius 3 is 3.15 bits per heavy atom. The first-order valence-corrected chi connectivity index (χ1v) is 4.30. The predicted octanol–water partition coefficient (Wildman–Crippen LogP) is 1.69. The Bertz CT molecular complexity index is 364. The first-order valence-electron chi connectivity index (χ1n) is 4.30. The molecule has 2 heterocycles. The first-order chi connectivity index (χ1) is 6.38. The van der Waals surface area contributed by atoms with Gasteiger partial charge in [-0.3, -0.25) is 4.98 Å². The standard InChI is InChI=1S/C11H11N2/c1-9-2-5-13-8-11(9)10-3-6-12-7-4-10/h2-5,8,12H,6H2,1H3. The Kier molecular flexibility index (Phi) is 2.13. The van der Waals surface area contributed by atoms with Crippen LogP contribution in [0.5, 0.6) is 0 Å². The van der Waals surface area contributed by atoms with Crippen LogP contribution in [0.2, 0.25) is 0 Å². The van der Waals surface area contributed by atoms with E-state index >= 15 is 0 Å². The highest BCUT2D eigenvalue weighted by atomic mass is 14.8. The molecule has 1 aliphatic heterocycles. The molecule has 13 heavy (non-hydrogen) atoms. The van der Waals surface area contributed by atoms with Gasteiger partial charge in [-0.05, 0) is 30.2 Å². The van der Waals surface area contributed by atoms with Crippen molar-refractivity contribution in [2.45, 2.75) is 6.92 Å². The largest absolute Gasteiger partial charge is 0.380 e. The van der Waals surface area contributed by atoms with Crippen LogP contribution in [0, 0.1) is 13.1 Å². The molecule has 1 radical (unpaired) electrons. The molecule has 1 aliphatic rings. The van der Waals surface area contributed by atoms with Gasteiger partial charge in [-0.15, -0.1) is 0 Å². The van der Waals surface area contributed by atoms with Gasteiger partial charge in [0.25, 0.3) is 0 Å². The number of aromatic nitrogens is 1. The summed E-state index contributed by atoms with van der Waals surface area (Å²) >= 11 is 0. The van der Waals surface area contributed by atoms with E-state index in [1.807, 2.05) is 24.5 Å². The van der Waals surface area contributed by atoms with Gasteiger partial charge in [0, 0.05) is 24.5 Å². The molecular weight excluding hydrogens is 160 g/mol. The van der Waals surface area contributed by atoms with Crippen LogP contribution in [-0.2, 0) is 0 Å². The van der Waals surface area contributed by atoms with E-state index in [1.54, 1.807) is 0 Å². The molecule has 0 amide bonds. The lowest BCUT2D eigenvalue weighted by Gasteiger charge is -2.09. The molecule has 65 valence electrons. The van der Waals surface area contributed by atoms with Crippen molar-refractivity contribution < 1.29 is 0 Å². The molecule has 0 saturated heterocycles. The Balaban J connectivity index is 2.40. The number of pyridine rings is 1. The van der Waals surface area contributed by atoms with Crippen LogP contribution in [0.4, 0.5) is 0 Å². The van der Waals surface area contributed by atoms with Gasteiger partial charge in [-0.2, -0.15) is 0 Å². The molecule has 0 saturated carbocycles. The molecule has 0 aliphatic carbocycles. The fraction of sp³-hybridized carbons (Fsp3) is 0.182. The van der Waals surface area contributed by atoms with Crippen molar-refractivity contribution in [1.82, 2.24) is 10.3 Å². The van der Waals surface area contributed by atoms with E-state index in [-0.39, 0.29) is 0 Å². The van der Waals surface area contributed by atoms with Crippen molar-refractivity contribution in [3.05, 3.63) is 47.9 Å². The van der Waals surface area contributed by atoms with E-state index in [2.05, 4.69) is 29.5 Å². The van der Waals surface area contributed by atoms with Gasteiger partial charge in [0.1, 0.15) is 0 Å². The average molecular weight is 171 g/mol. The van der Waals surface area contributed by atoms with E-state index in [0.29, 0.717) is 0 Å². The molecule has 2 nitrogen and oxygen atoms in total. The summed E-state index contributed by atoms with van der Waals surface area (Å²) in [5.41, 5.74) is 3.64. The molecule has 2 heteroatoms. The third-order valence-corrected chi connectivity index (χ3v) is 2.10. The third kappa shape index (κ3) is 1.61. The summed E-state index contributed by atoms with van der Waals surface area (Å²) in [6.07, 6.45) is 10.8. The Labute approximate surface area is 78.0 Å². The number of aryl methyl sites for hydroxylation is 1. The number of nitrogens with zero attached hydrogens (tertiary/aromatic N) is 1. The van der Waals surface area contributed by atoms with Gasteiger partial charge in [0.05, 0.1) is 6.20 Å². The SMILES string of the molecule is Cc1ccncc1C1=CCN[C]=C1. The fourth-order valence-electron chi connectivity index (χ4n) is 1.36. The number of hydrogen-bond donors (Lipinski definition) is 1. The van der Waals surface area contributed by atoms with Gasteiger partial charge < -0.3 is 5.32 Å². The van der Waals surface area contributed by atoms with Crippen LogP contribution in [0.1, 0.15) is 11.1 Å². The van der Waals surface area contributed by atoms with Gasteiger partial charge >= 0.3 is 0 Å². The molecule has 0 fully saturated rings. The molecule has 0 unspecified atom stereocenters. The molecule has 1 aromatic heterocycles. The molecule has 0 spiro atoms. The van der Waals surface area contributed by atoms with E-state index in [0.717, 1.165) is 6.54 Å². The normalized spacial score (nSPS) is 15.0. The summed E-state index contributed by atoms with van der Waals surface area (Å²) in [6, 6.07) is 2.02. The Morgan fingerprint density at radius 1 is 1.54 bits per heavy atom. The zero-order valence-corrected chi connectivity index (χ0v) is 7.54. The Hall–Kier alpha value is -1.57. The van der Waals surface area contributed by atoms with Crippen LogP contribution in [-0.4, -0.2) is 11.5 Å². The molecule has 0 bridgehead atoms. The van der Waals surface area contributed by atoms with Gasteiger partial charge in [0.2, 0.25) is 0 Å². The first kappa shape index (κ1) is 8.05. The van der Waals surface area contributed by atoms with E-state index in [1.165, 1.54) is 16.7 Å². The summed E-state index contributed by atoms with van der Waals surface area (Å²) in [6.45, 7) is 2.94. The van der Waals surface area contributed by atoms with Crippen molar-refractivity contribution in [1.29, 1.82) is 0 Å². The quantitative estimate of drug-likeness (QED) is 0.695. The van der Waals surface area contributed by atoms with Crippen molar-refractivity contribution >= 4 is 5.57 Å². The lowest BCUT2D eigenvalue weighted by atomic mass is 10.0. The van der Waals surface area contributed by atoms with E-state index < -0.39 is 0 Å². The summed E-state index contributed by atoms with van der Waals surface area (Å²) in [4.78, 5) is 4.11. The maximum absolute atomic E-state index is 4.11. The zero-order valence-electron chi connectivity index (χ0n) is 7.54. The number of hydrogen-bond acceptors (Lipinski definition) is 2. The maximum Gasteiger partial charge on any atom is 0.0584 e. The molecular formula is C11H11N2. The number of allylic oxidation sites excluding steroid dienone is 2. The number of rotatable bonds is 1. The van der Waals surface area contributed by atoms with Crippen molar-refractivity contribution in [3.63, 3.8) is 0 Å². The third-order valence-electron chi connectivity index (χ3n) is 2.10.